The largest absolute Gasteiger partial charge is 0.455 e. The van der Waals surface area contributed by atoms with Gasteiger partial charge in [-0.25, -0.2) is 5.84 Å². The maximum absolute atomic E-state index is 11.8. The first-order valence-electron chi connectivity index (χ1n) is 7.72. The first kappa shape index (κ1) is 16.7. The standard InChI is InChI=1S/C16H17N5O4/c1-9-14-12(3-2-4-13(14)25-15(9)16(22)18-17)20-19-10-5-7-11(8-6-10)21(23)24/h5-8,19H,2-4,17H2,1H3,(H,18,22)/b20-12+. The van der Waals surface area contributed by atoms with Crippen LogP contribution in [0.25, 0.3) is 0 Å². The van der Waals surface area contributed by atoms with Gasteiger partial charge in [0.15, 0.2) is 5.76 Å². The lowest BCUT2D eigenvalue weighted by Gasteiger charge is -2.13. The average Bonchev–Trinajstić information content (AvgIpc) is 2.97. The van der Waals surface area contributed by atoms with Gasteiger partial charge >= 0.3 is 5.91 Å². The molecule has 130 valence electrons. The number of benzene rings is 1. The zero-order valence-corrected chi connectivity index (χ0v) is 13.5. The summed E-state index contributed by atoms with van der Waals surface area (Å²) < 4.78 is 5.64. The molecule has 1 aliphatic rings. The van der Waals surface area contributed by atoms with Gasteiger partial charge in [0.25, 0.3) is 5.69 Å². The van der Waals surface area contributed by atoms with E-state index in [4.69, 9.17) is 10.3 Å². The molecule has 9 nitrogen and oxygen atoms in total. The second-order valence-electron chi connectivity index (χ2n) is 5.66. The number of carbonyl (C=O) groups excluding carboxylic acids is 1. The van der Waals surface area contributed by atoms with Crippen LogP contribution in [0, 0.1) is 17.0 Å². The maximum atomic E-state index is 11.8. The van der Waals surface area contributed by atoms with Crippen molar-refractivity contribution in [2.45, 2.75) is 26.2 Å². The second-order valence-corrected chi connectivity index (χ2v) is 5.66. The Morgan fingerprint density at radius 2 is 2.04 bits per heavy atom. The minimum absolute atomic E-state index is 0.0151. The molecule has 0 spiro atoms. The van der Waals surface area contributed by atoms with Gasteiger partial charge in [-0.2, -0.15) is 5.10 Å². The number of carbonyl (C=O) groups is 1. The number of rotatable bonds is 4. The normalized spacial score (nSPS) is 14.9. The Balaban J connectivity index is 1.87. The van der Waals surface area contributed by atoms with Crippen molar-refractivity contribution >= 4 is 23.0 Å². The molecule has 1 aliphatic carbocycles. The van der Waals surface area contributed by atoms with Gasteiger partial charge in [-0.3, -0.25) is 25.8 Å². The molecule has 3 rings (SSSR count). The summed E-state index contributed by atoms with van der Waals surface area (Å²) in [6.45, 7) is 1.79. The molecule has 4 N–H and O–H groups in total. The van der Waals surface area contributed by atoms with Gasteiger partial charge in [0.1, 0.15) is 5.76 Å². The van der Waals surface area contributed by atoms with Crippen molar-refractivity contribution in [1.29, 1.82) is 0 Å². The molecule has 1 heterocycles. The quantitative estimate of drug-likeness (QED) is 0.337. The van der Waals surface area contributed by atoms with E-state index in [9.17, 15) is 14.9 Å². The third-order valence-electron chi connectivity index (χ3n) is 4.06. The lowest BCUT2D eigenvalue weighted by Crippen LogP contribution is -2.30. The number of aryl methyl sites for hydroxylation is 1. The first-order chi connectivity index (χ1) is 12.0. The van der Waals surface area contributed by atoms with E-state index in [-0.39, 0.29) is 11.4 Å². The van der Waals surface area contributed by atoms with Crippen molar-refractivity contribution < 1.29 is 14.1 Å². The van der Waals surface area contributed by atoms with E-state index in [2.05, 4.69) is 16.0 Å². The number of fused-ring (bicyclic) bond motifs is 1. The van der Waals surface area contributed by atoms with Crippen molar-refractivity contribution in [3.8, 4) is 0 Å². The van der Waals surface area contributed by atoms with E-state index in [0.717, 1.165) is 30.5 Å². The fraction of sp³-hybridized carbons (Fsp3) is 0.250. The number of non-ortho nitro benzene ring substituents is 1. The van der Waals surface area contributed by atoms with Crippen LogP contribution in [0.2, 0.25) is 0 Å². The van der Waals surface area contributed by atoms with Gasteiger partial charge in [0.2, 0.25) is 0 Å². The Morgan fingerprint density at radius 1 is 1.32 bits per heavy atom. The number of hydrogen-bond donors (Lipinski definition) is 3. The summed E-state index contributed by atoms with van der Waals surface area (Å²) in [7, 11) is 0. The van der Waals surface area contributed by atoms with Gasteiger partial charge in [0, 0.05) is 29.7 Å². The Morgan fingerprint density at radius 3 is 2.68 bits per heavy atom. The Bertz CT molecular complexity index is 854. The van der Waals surface area contributed by atoms with E-state index >= 15 is 0 Å². The summed E-state index contributed by atoms with van der Waals surface area (Å²) in [5, 5.41) is 15.1. The highest BCUT2D eigenvalue weighted by atomic mass is 16.6. The third kappa shape index (κ3) is 3.22. The molecule has 2 aromatic rings. The Labute approximate surface area is 143 Å². The molecule has 0 saturated heterocycles. The number of nitrogens with two attached hydrogens (primary N) is 1. The van der Waals surface area contributed by atoms with Gasteiger partial charge in [-0.05, 0) is 31.9 Å². The summed E-state index contributed by atoms with van der Waals surface area (Å²) in [4.78, 5) is 22.0. The number of nitro benzene ring substituents is 1. The fourth-order valence-electron chi connectivity index (χ4n) is 2.85. The van der Waals surface area contributed by atoms with Crippen LogP contribution in [-0.2, 0) is 6.42 Å². The number of furan rings is 1. The maximum Gasteiger partial charge on any atom is 0.301 e. The predicted octanol–water partition coefficient (Wildman–Crippen LogP) is 2.25. The number of nitro groups is 1. The van der Waals surface area contributed by atoms with Crippen LogP contribution in [0.15, 0.2) is 33.8 Å². The zero-order valence-electron chi connectivity index (χ0n) is 13.5. The van der Waals surface area contributed by atoms with E-state index in [0.29, 0.717) is 17.0 Å². The van der Waals surface area contributed by atoms with Gasteiger partial charge < -0.3 is 4.42 Å². The molecule has 9 heteroatoms. The van der Waals surface area contributed by atoms with Crippen molar-refractivity contribution in [2.75, 3.05) is 5.43 Å². The molecule has 1 amide bonds. The lowest BCUT2D eigenvalue weighted by atomic mass is 9.93. The average molecular weight is 343 g/mol. The number of nitrogens with zero attached hydrogens (tertiary/aromatic N) is 2. The minimum atomic E-state index is -0.477. The highest BCUT2D eigenvalue weighted by molar-refractivity contribution is 6.06. The fourth-order valence-corrected chi connectivity index (χ4v) is 2.85. The summed E-state index contributed by atoms with van der Waals surface area (Å²) in [6.07, 6.45) is 2.31. The van der Waals surface area contributed by atoms with E-state index < -0.39 is 10.8 Å². The van der Waals surface area contributed by atoms with E-state index in [1.165, 1.54) is 12.1 Å². The second kappa shape index (κ2) is 6.73. The Hall–Kier alpha value is -3.20. The van der Waals surface area contributed by atoms with Crippen molar-refractivity contribution in [3.05, 3.63) is 57.0 Å². The van der Waals surface area contributed by atoms with Crippen LogP contribution in [0.1, 0.15) is 40.3 Å². The number of amides is 1. The van der Waals surface area contributed by atoms with Crippen LogP contribution in [0.5, 0.6) is 0 Å². The summed E-state index contributed by atoms with van der Waals surface area (Å²) in [5.74, 6) is 5.61. The molecule has 0 unspecified atom stereocenters. The molecular formula is C16H17N5O4. The molecule has 0 fully saturated rings. The van der Waals surface area contributed by atoms with Crippen LogP contribution in [0.3, 0.4) is 0 Å². The number of hydrogen-bond acceptors (Lipinski definition) is 7. The first-order valence-corrected chi connectivity index (χ1v) is 7.72. The topological polar surface area (TPSA) is 136 Å². The van der Waals surface area contributed by atoms with E-state index in [1.54, 1.807) is 19.1 Å². The molecule has 1 aromatic heterocycles. The van der Waals surface area contributed by atoms with Crippen LogP contribution >= 0.6 is 0 Å². The van der Waals surface area contributed by atoms with Crippen LogP contribution in [-0.4, -0.2) is 16.5 Å². The number of hydrazone groups is 1. The molecule has 0 saturated carbocycles. The summed E-state index contributed by atoms with van der Waals surface area (Å²) in [5.41, 5.74) is 7.91. The van der Waals surface area contributed by atoms with Gasteiger partial charge in [-0.1, -0.05) is 0 Å². The lowest BCUT2D eigenvalue weighted by molar-refractivity contribution is -0.384. The van der Waals surface area contributed by atoms with E-state index in [1.807, 2.05) is 0 Å². The van der Waals surface area contributed by atoms with Crippen molar-refractivity contribution in [2.24, 2.45) is 10.9 Å². The molecule has 1 aromatic carbocycles. The SMILES string of the molecule is Cc1c(C(=O)NN)oc2c1/C(=N/Nc1ccc([N+](=O)[O-])cc1)CCC2. The van der Waals surface area contributed by atoms with Gasteiger partial charge in [0.05, 0.1) is 16.3 Å². The number of nitrogens with one attached hydrogen (secondary N) is 2. The van der Waals surface area contributed by atoms with Crippen molar-refractivity contribution in [1.82, 2.24) is 5.43 Å². The van der Waals surface area contributed by atoms with Crippen LogP contribution < -0.4 is 16.7 Å². The minimum Gasteiger partial charge on any atom is -0.455 e. The summed E-state index contributed by atoms with van der Waals surface area (Å²) in [6, 6.07) is 5.98. The zero-order chi connectivity index (χ0) is 18.0. The molecule has 0 bridgehead atoms. The Kier molecular flexibility index (Phi) is 4.48. The highest BCUT2D eigenvalue weighted by Gasteiger charge is 2.27. The number of hydrazine groups is 1. The third-order valence-corrected chi connectivity index (χ3v) is 4.06. The molecule has 0 aliphatic heterocycles. The van der Waals surface area contributed by atoms with Crippen LogP contribution in [0.4, 0.5) is 11.4 Å². The molecule has 0 atom stereocenters. The number of anilines is 1. The molecule has 25 heavy (non-hydrogen) atoms. The number of nitrogen functional groups attached to an aromatic ring is 1. The molecule has 0 radical (unpaired) electrons. The molecular weight excluding hydrogens is 326 g/mol. The van der Waals surface area contributed by atoms with Gasteiger partial charge in [-0.15, -0.1) is 0 Å². The monoisotopic (exact) mass is 343 g/mol. The summed E-state index contributed by atoms with van der Waals surface area (Å²) >= 11 is 0. The smallest absolute Gasteiger partial charge is 0.301 e. The predicted molar refractivity (Wildman–Crippen MR) is 91.3 cm³/mol. The highest BCUT2D eigenvalue weighted by Crippen LogP contribution is 2.30. The van der Waals surface area contributed by atoms with Crippen molar-refractivity contribution in [3.63, 3.8) is 0 Å².